The summed E-state index contributed by atoms with van der Waals surface area (Å²) >= 11 is 8.36. The van der Waals surface area contributed by atoms with Gasteiger partial charge in [-0.3, -0.25) is 4.79 Å². The molecule has 1 saturated heterocycles. The Morgan fingerprint density at radius 2 is 2.13 bits per heavy atom. The van der Waals surface area contributed by atoms with E-state index in [0.717, 1.165) is 29.0 Å². The number of likely N-dealkylation sites (tertiary alicyclic amines) is 1. The molecule has 0 saturated carbocycles. The highest BCUT2D eigenvalue weighted by molar-refractivity contribution is 8.23. The number of nitrogens with one attached hydrogen (secondary N) is 1. The average molecular weight is 372 g/mol. The van der Waals surface area contributed by atoms with Crippen molar-refractivity contribution in [3.05, 3.63) is 11.1 Å². The summed E-state index contributed by atoms with van der Waals surface area (Å²) in [5, 5.41) is 5.54. The molecule has 0 aromatic carbocycles. The van der Waals surface area contributed by atoms with Crippen molar-refractivity contribution in [2.24, 2.45) is 5.92 Å². The second-order valence-corrected chi connectivity index (χ2v) is 9.53. The fourth-order valence-electron chi connectivity index (χ4n) is 2.24. The molecule has 0 radical (unpaired) electrons. The molecule has 1 N–H and O–H groups in total. The molecule has 4 nitrogen and oxygen atoms in total. The van der Waals surface area contributed by atoms with Gasteiger partial charge in [0.2, 0.25) is 5.91 Å². The van der Waals surface area contributed by atoms with Crippen LogP contribution in [0, 0.1) is 5.92 Å². The van der Waals surface area contributed by atoms with Crippen LogP contribution >= 0.6 is 35.3 Å². The summed E-state index contributed by atoms with van der Waals surface area (Å²) in [5.74, 6) is 1.08. The normalized spacial score (nSPS) is 16.4. The Morgan fingerprint density at radius 3 is 2.70 bits per heavy atom. The number of carbonyl (C=O) groups is 1. The Bertz CT molecular complexity index is 557. The lowest BCUT2D eigenvalue weighted by atomic mass is 9.93. The van der Waals surface area contributed by atoms with Crippen LogP contribution in [0.3, 0.4) is 0 Å². The van der Waals surface area contributed by atoms with Crippen LogP contribution in [0.25, 0.3) is 0 Å². The maximum Gasteiger partial charge on any atom is 0.236 e. The molecule has 128 valence electrons. The zero-order chi connectivity index (χ0) is 17.0. The van der Waals surface area contributed by atoms with Gasteiger partial charge in [-0.15, -0.1) is 11.3 Å². The molecule has 0 aliphatic carbocycles. The van der Waals surface area contributed by atoms with Crippen molar-refractivity contribution in [2.45, 2.75) is 46.0 Å². The molecule has 1 amide bonds. The molecule has 1 aromatic heterocycles. The predicted molar refractivity (Wildman–Crippen MR) is 104 cm³/mol. The first-order chi connectivity index (χ1) is 10.8. The molecular weight excluding hydrogens is 346 g/mol. The first-order valence-electron chi connectivity index (χ1n) is 7.93. The summed E-state index contributed by atoms with van der Waals surface area (Å²) in [7, 11) is 0. The summed E-state index contributed by atoms with van der Waals surface area (Å²) in [6.45, 7) is 10.6. The molecule has 2 rings (SSSR count). The molecule has 1 aromatic rings. The van der Waals surface area contributed by atoms with Gasteiger partial charge < -0.3 is 10.2 Å². The van der Waals surface area contributed by atoms with Crippen LogP contribution in [-0.4, -0.2) is 39.0 Å². The minimum absolute atomic E-state index is 0.00118. The molecule has 2 heterocycles. The number of piperidine rings is 1. The number of thioether (sulfide) groups is 1. The third-order valence-corrected chi connectivity index (χ3v) is 6.17. The van der Waals surface area contributed by atoms with E-state index in [9.17, 15) is 4.79 Å². The highest BCUT2D eigenvalue weighted by atomic mass is 32.2. The molecular formula is C16H25N3OS3. The summed E-state index contributed by atoms with van der Waals surface area (Å²) in [6.07, 6.45) is 2.36. The van der Waals surface area contributed by atoms with Crippen molar-refractivity contribution >= 4 is 50.7 Å². The average Bonchev–Trinajstić information content (AvgIpc) is 2.94. The van der Waals surface area contributed by atoms with Gasteiger partial charge in [0.25, 0.3) is 0 Å². The number of amides is 1. The van der Waals surface area contributed by atoms with Crippen LogP contribution in [0.5, 0.6) is 0 Å². The minimum atomic E-state index is -0.0439. The van der Waals surface area contributed by atoms with Crippen LogP contribution in [0.2, 0.25) is 0 Å². The second kappa shape index (κ2) is 7.94. The standard InChI is InChI=1S/C16H25N3OS3/c1-11-5-7-19(8-6-11)15(21)23-10-13(20)18-14-17-12(9-22-14)16(2,3)4/h9,11H,5-8,10H2,1-4H3,(H,17,18,20). The number of hydrogen-bond acceptors (Lipinski definition) is 5. The second-order valence-electron chi connectivity index (χ2n) is 7.06. The largest absolute Gasteiger partial charge is 0.357 e. The van der Waals surface area contributed by atoms with E-state index in [-0.39, 0.29) is 11.3 Å². The van der Waals surface area contributed by atoms with Gasteiger partial charge >= 0.3 is 0 Å². The van der Waals surface area contributed by atoms with E-state index < -0.39 is 0 Å². The third kappa shape index (κ3) is 5.72. The van der Waals surface area contributed by atoms with Gasteiger partial charge in [0.1, 0.15) is 4.32 Å². The molecule has 7 heteroatoms. The fourth-order valence-corrected chi connectivity index (χ4v) is 4.25. The van der Waals surface area contributed by atoms with Crippen LogP contribution in [0.1, 0.15) is 46.2 Å². The Labute approximate surface area is 152 Å². The van der Waals surface area contributed by atoms with E-state index >= 15 is 0 Å². The topological polar surface area (TPSA) is 45.2 Å². The number of carbonyl (C=O) groups excluding carboxylic acids is 1. The van der Waals surface area contributed by atoms with Crippen LogP contribution < -0.4 is 5.32 Å². The van der Waals surface area contributed by atoms with Crippen molar-refractivity contribution in [1.29, 1.82) is 0 Å². The number of thiocarbonyl (C=S) groups is 1. The SMILES string of the molecule is CC1CCN(C(=S)SCC(=O)Nc2nc(C(C)(C)C)cs2)CC1. The van der Waals surface area contributed by atoms with Crippen molar-refractivity contribution in [2.75, 3.05) is 24.2 Å². The van der Waals surface area contributed by atoms with Crippen molar-refractivity contribution in [3.8, 4) is 0 Å². The van der Waals surface area contributed by atoms with E-state index in [2.05, 4.69) is 42.9 Å². The smallest absolute Gasteiger partial charge is 0.236 e. The van der Waals surface area contributed by atoms with Gasteiger partial charge in [0.15, 0.2) is 5.13 Å². The zero-order valence-corrected chi connectivity index (χ0v) is 16.7. The lowest BCUT2D eigenvalue weighted by molar-refractivity contribution is -0.113. The minimum Gasteiger partial charge on any atom is -0.357 e. The van der Waals surface area contributed by atoms with E-state index in [1.807, 2.05) is 5.38 Å². The third-order valence-electron chi connectivity index (χ3n) is 3.89. The number of thiazole rings is 1. The summed E-state index contributed by atoms with van der Waals surface area (Å²) < 4.78 is 0.835. The zero-order valence-electron chi connectivity index (χ0n) is 14.2. The molecule has 1 aliphatic rings. The number of rotatable bonds is 3. The molecule has 0 unspecified atom stereocenters. The van der Waals surface area contributed by atoms with Gasteiger partial charge in [0.05, 0.1) is 11.4 Å². The number of nitrogens with zero attached hydrogens (tertiary/aromatic N) is 2. The van der Waals surface area contributed by atoms with Gasteiger partial charge in [-0.2, -0.15) is 0 Å². The van der Waals surface area contributed by atoms with Crippen LogP contribution in [-0.2, 0) is 10.2 Å². The van der Waals surface area contributed by atoms with Crippen molar-refractivity contribution in [3.63, 3.8) is 0 Å². The molecule has 0 bridgehead atoms. The van der Waals surface area contributed by atoms with Gasteiger partial charge in [-0.05, 0) is 18.8 Å². The maximum absolute atomic E-state index is 12.1. The summed E-state index contributed by atoms with van der Waals surface area (Å²) in [4.78, 5) is 18.8. The first kappa shape index (κ1) is 18.7. The Balaban J connectivity index is 1.77. The fraction of sp³-hybridized carbons (Fsp3) is 0.688. The lowest BCUT2D eigenvalue weighted by Gasteiger charge is -2.31. The summed E-state index contributed by atoms with van der Waals surface area (Å²) in [5.41, 5.74) is 1.00. The maximum atomic E-state index is 12.1. The number of anilines is 1. The van der Waals surface area contributed by atoms with Crippen molar-refractivity contribution < 1.29 is 4.79 Å². The highest BCUT2D eigenvalue weighted by Crippen LogP contribution is 2.26. The molecule has 1 aliphatic heterocycles. The quantitative estimate of drug-likeness (QED) is 0.810. The Morgan fingerprint density at radius 1 is 1.48 bits per heavy atom. The van der Waals surface area contributed by atoms with E-state index in [1.54, 1.807) is 0 Å². The van der Waals surface area contributed by atoms with Gasteiger partial charge in [-0.1, -0.05) is 51.7 Å². The molecule has 23 heavy (non-hydrogen) atoms. The van der Waals surface area contributed by atoms with E-state index in [4.69, 9.17) is 12.2 Å². The molecule has 0 spiro atoms. The molecule has 1 fully saturated rings. The van der Waals surface area contributed by atoms with Gasteiger partial charge in [0, 0.05) is 23.9 Å². The van der Waals surface area contributed by atoms with Crippen LogP contribution in [0.15, 0.2) is 5.38 Å². The number of aromatic nitrogens is 1. The van der Waals surface area contributed by atoms with Gasteiger partial charge in [-0.25, -0.2) is 4.98 Å². The first-order valence-corrected chi connectivity index (χ1v) is 10.2. The summed E-state index contributed by atoms with van der Waals surface area (Å²) in [6, 6.07) is 0. The Hall–Kier alpha value is -0.660. The lowest BCUT2D eigenvalue weighted by Crippen LogP contribution is -2.36. The van der Waals surface area contributed by atoms with Crippen molar-refractivity contribution in [1.82, 2.24) is 9.88 Å². The predicted octanol–water partition coefficient (Wildman–Crippen LogP) is 4.13. The highest BCUT2D eigenvalue weighted by Gasteiger charge is 2.20. The number of hydrogen-bond donors (Lipinski definition) is 1. The van der Waals surface area contributed by atoms with E-state index in [1.165, 1.54) is 35.9 Å². The van der Waals surface area contributed by atoms with E-state index in [0.29, 0.717) is 10.9 Å². The van der Waals surface area contributed by atoms with Crippen LogP contribution in [0.4, 0.5) is 5.13 Å². The monoisotopic (exact) mass is 371 g/mol. The Kier molecular flexibility index (Phi) is 6.45. The molecule has 0 atom stereocenters.